The van der Waals surface area contributed by atoms with E-state index in [-0.39, 0.29) is 5.56 Å². The second-order valence-electron chi connectivity index (χ2n) is 4.09. The Hall–Kier alpha value is -1.46. The van der Waals surface area contributed by atoms with Gasteiger partial charge in [-0.25, -0.2) is 0 Å². The predicted octanol–water partition coefficient (Wildman–Crippen LogP) is 1.82. The number of aromatic amines is 1. The normalized spacial score (nSPS) is 10.8. The molecule has 2 aromatic rings. The predicted molar refractivity (Wildman–Crippen MR) is 76.0 cm³/mol. The number of H-pyrrole nitrogens is 1. The zero-order valence-electron chi connectivity index (χ0n) is 10.8. The average Bonchev–Trinajstić information content (AvgIpc) is 2.68. The molecular formula is C13H17N3OS. The van der Waals surface area contributed by atoms with E-state index in [1.54, 1.807) is 18.8 Å². The lowest BCUT2D eigenvalue weighted by Crippen LogP contribution is -2.19. The van der Waals surface area contributed by atoms with Gasteiger partial charge in [0.2, 0.25) is 0 Å². The van der Waals surface area contributed by atoms with Gasteiger partial charge in [-0.3, -0.25) is 14.6 Å². The Morgan fingerprint density at radius 1 is 1.33 bits per heavy atom. The Kier molecular flexibility index (Phi) is 3.93. The van der Waals surface area contributed by atoms with Crippen molar-refractivity contribution in [3.8, 4) is 11.3 Å². The van der Waals surface area contributed by atoms with Crippen molar-refractivity contribution < 1.29 is 0 Å². The first-order chi connectivity index (χ1) is 8.67. The zero-order valence-corrected chi connectivity index (χ0v) is 11.6. The molecule has 1 aromatic heterocycles. The first-order valence-electron chi connectivity index (χ1n) is 5.74. The Morgan fingerprint density at radius 2 is 2.00 bits per heavy atom. The fourth-order valence-electron chi connectivity index (χ4n) is 1.93. The minimum absolute atomic E-state index is 0.0216. The van der Waals surface area contributed by atoms with E-state index in [9.17, 15) is 4.79 Å². The van der Waals surface area contributed by atoms with E-state index in [1.807, 2.05) is 25.4 Å². The maximum atomic E-state index is 12.0. The van der Waals surface area contributed by atoms with Gasteiger partial charge in [0.25, 0.3) is 5.56 Å². The van der Waals surface area contributed by atoms with E-state index in [4.69, 9.17) is 0 Å². The first-order valence-corrected chi connectivity index (χ1v) is 6.96. The summed E-state index contributed by atoms with van der Waals surface area (Å²) in [7, 11) is 3.58. The third-order valence-electron chi connectivity index (χ3n) is 2.88. The van der Waals surface area contributed by atoms with Gasteiger partial charge in [0.05, 0.1) is 11.3 Å². The molecule has 5 heteroatoms. The van der Waals surface area contributed by atoms with Crippen LogP contribution in [0.4, 0.5) is 0 Å². The van der Waals surface area contributed by atoms with Crippen molar-refractivity contribution in [3.05, 3.63) is 40.2 Å². The molecule has 2 rings (SSSR count). The number of nitrogens with one attached hydrogen (secondary N) is 2. The van der Waals surface area contributed by atoms with E-state index >= 15 is 0 Å². The molecule has 0 saturated carbocycles. The van der Waals surface area contributed by atoms with Crippen LogP contribution >= 0.6 is 11.8 Å². The lowest BCUT2D eigenvalue weighted by atomic mass is 10.1. The first kappa shape index (κ1) is 13.0. The number of benzene rings is 1. The fraction of sp³-hybridized carbons (Fsp3) is 0.308. The van der Waals surface area contributed by atoms with Gasteiger partial charge in [-0.05, 0) is 25.4 Å². The van der Waals surface area contributed by atoms with Gasteiger partial charge in [-0.15, -0.1) is 11.8 Å². The Labute approximate surface area is 110 Å². The second kappa shape index (κ2) is 5.46. The summed E-state index contributed by atoms with van der Waals surface area (Å²) in [5, 5.41) is 6.14. The summed E-state index contributed by atoms with van der Waals surface area (Å²) in [6.07, 6.45) is 2.05. The van der Waals surface area contributed by atoms with Crippen LogP contribution in [0.1, 0.15) is 5.56 Å². The molecule has 0 aliphatic carbocycles. The van der Waals surface area contributed by atoms with Crippen LogP contribution in [0.5, 0.6) is 0 Å². The summed E-state index contributed by atoms with van der Waals surface area (Å²) in [5.74, 6) is 0. The smallest absolute Gasteiger partial charge is 0.271 e. The number of aromatic nitrogens is 2. The molecule has 1 heterocycles. The van der Waals surface area contributed by atoms with E-state index in [2.05, 4.69) is 22.5 Å². The number of hydrogen-bond acceptors (Lipinski definition) is 3. The molecule has 0 aliphatic rings. The Morgan fingerprint density at radius 3 is 2.56 bits per heavy atom. The number of thioether (sulfide) groups is 1. The van der Waals surface area contributed by atoms with Gasteiger partial charge >= 0.3 is 0 Å². The number of nitrogens with zero attached hydrogens (tertiary/aromatic N) is 1. The van der Waals surface area contributed by atoms with Crippen molar-refractivity contribution >= 4 is 11.8 Å². The van der Waals surface area contributed by atoms with Crippen LogP contribution < -0.4 is 10.9 Å². The molecule has 0 aliphatic heterocycles. The third-order valence-corrected chi connectivity index (χ3v) is 3.62. The summed E-state index contributed by atoms with van der Waals surface area (Å²) >= 11 is 1.71. The number of rotatable bonds is 4. The molecule has 4 nitrogen and oxygen atoms in total. The van der Waals surface area contributed by atoms with Crippen LogP contribution in [0, 0.1) is 0 Å². The minimum Gasteiger partial charge on any atom is -0.315 e. The van der Waals surface area contributed by atoms with Gasteiger partial charge in [0.1, 0.15) is 0 Å². The highest BCUT2D eigenvalue weighted by Crippen LogP contribution is 2.23. The number of aryl methyl sites for hydroxylation is 1. The average molecular weight is 263 g/mol. The van der Waals surface area contributed by atoms with E-state index < -0.39 is 0 Å². The SMILES string of the molecule is CNCc1c(-c2ccc(SC)cc2)[nH]n(C)c1=O. The zero-order chi connectivity index (χ0) is 13.1. The maximum Gasteiger partial charge on any atom is 0.271 e. The molecule has 0 atom stereocenters. The van der Waals surface area contributed by atoms with Gasteiger partial charge in [0, 0.05) is 24.1 Å². The molecule has 96 valence electrons. The largest absolute Gasteiger partial charge is 0.315 e. The molecule has 1 aromatic carbocycles. The lowest BCUT2D eigenvalue weighted by molar-refractivity contribution is 0.734. The van der Waals surface area contributed by atoms with E-state index in [1.165, 1.54) is 9.58 Å². The molecule has 0 spiro atoms. The third kappa shape index (κ3) is 2.37. The van der Waals surface area contributed by atoms with Crippen LogP contribution in [0.15, 0.2) is 34.0 Å². The van der Waals surface area contributed by atoms with Crippen molar-refractivity contribution in [3.63, 3.8) is 0 Å². The van der Waals surface area contributed by atoms with Crippen LogP contribution in [0.25, 0.3) is 11.3 Å². The quantitative estimate of drug-likeness (QED) is 0.827. The Balaban J connectivity index is 2.48. The van der Waals surface area contributed by atoms with Crippen molar-refractivity contribution in [1.29, 1.82) is 0 Å². The van der Waals surface area contributed by atoms with Crippen LogP contribution in [-0.2, 0) is 13.6 Å². The Bertz CT molecular complexity index is 583. The molecule has 0 amide bonds. The van der Waals surface area contributed by atoms with Gasteiger partial charge < -0.3 is 5.32 Å². The topological polar surface area (TPSA) is 49.8 Å². The molecule has 0 radical (unpaired) electrons. The minimum atomic E-state index is 0.0216. The second-order valence-corrected chi connectivity index (χ2v) is 4.97. The molecule has 0 saturated heterocycles. The molecular weight excluding hydrogens is 246 g/mol. The lowest BCUT2D eigenvalue weighted by Gasteiger charge is -2.03. The van der Waals surface area contributed by atoms with Crippen molar-refractivity contribution in [2.75, 3.05) is 13.3 Å². The summed E-state index contributed by atoms with van der Waals surface area (Å²) in [6, 6.07) is 8.20. The van der Waals surface area contributed by atoms with Crippen molar-refractivity contribution in [1.82, 2.24) is 15.1 Å². The fourth-order valence-corrected chi connectivity index (χ4v) is 2.34. The maximum absolute atomic E-state index is 12.0. The van der Waals surface area contributed by atoms with Gasteiger partial charge in [-0.1, -0.05) is 12.1 Å². The van der Waals surface area contributed by atoms with Crippen molar-refractivity contribution in [2.45, 2.75) is 11.4 Å². The van der Waals surface area contributed by atoms with Gasteiger partial charge in [-0.2, -0.15) is 0 Å². The highest BCUT2D eigenvalue weighted by molar-refractivity contribution is 7.98. The summed E-state index contributed by atoms with van der Waals surface area (Å²) in [4.78, 5) is 13.2. The molecule has 2 N–H and O–H groups in total. The molecule has 18 heavy (non-hydrogen) atoms. The van der Waals surface area contributed by atoms with Crippen LogP contribution in [-0.4, -0.2) is 23.1 Å². The number of hydrogen-bond donors (Lipinski definition) is 2. The summed E-state index contributed by atoms with van der Waals surface area (Å²) in [5.41, 5.74) is 2.73. The standard InChI is InChI=1S/C13H17N3OS/c1-14-8-11-12(15-16(2)13(11)17)9-4-6-10(18-3)7-5-9/h4-7,14-15H,8H2,1-3H3. The summed E-state index contributed by atoms with van der Waals surface area (Å²) < 4.78 is 1.52. The van der Waals surface area contributed by atoms with Crippen molar-refractivity contribution in [2.24, 2.45) is 7.05 Å². The van der Waals surface area contributed by atoms with Crippen LogP contribution in [0.2, 0.25) is 0 Å². The molecule has 0 bridgehead atoms. The van der Waals surface area contributed by atoms with Crippen LogP contribution in [0.3, 0.4) is 0 Å². The monoisotopic (exact) mass is 263 g/mol. The van der Waals surface area contributed by atoms with E-state index in [0.29, 0.717) is 6.54 Å². The summed E-state index contributed by atoms with van der Waals surface area (Å²) in [6.45, 7) is 0.565. The van der Waals surface area contributed by atoms with Gasteiger partial charge in [0.15, 0.2) is 0 Å². The highest BCUT2D eigenvalue weighted by atomic mass is 32.2. The molecule has 0 unspecified atom stereocenters. The highest BCUT2D eigenvalue weighted by Gasteiger charge is 2.13. The van der Waals surface area contributed by atoms with E-state index in [0.717, 1.165) is 16.8 Å². The molecule has 0 fully saturated rings.